The van der Waals surface area contributed by atoms with E-state index in [4.69, 9.17) is 11.6 Å². The molecule has 2 aromatic rings. The van der Waals surface area contributed by atoms with Crippen molar-refractivity contribution in [3.8, 4) is 11.5 Å². The first-order valence-electron chi connectivity index (χ1n) is 4.22. The number of rotatable bonds is 2. The number of halogens is 1. The highest BCUT2D eigenvalue weighted by Gasteiger charge is 2.03. The molecule has 5 nitrogen and oxygen atoms in total. The minimum atomic E-state index is -0.241. The van der Waals surface area contributed by atoms with E-state index in [-0.39, 0.29) is 11.4 Å². The normalized spacial score (nSPS) is 10.2. The smallest absolute Gasteiger partial charge is 0.251 e. The zero-order valence-corrected chi connectivity index (χ0v) is 8.40. The van der Waals surface area contributed by atoms with E-state index in [2.05, 4.69) is 19.9 Å². The molecule has 0 atom stereocenters. The van der Waals surface area contributed by atoms with E-state index in [9.17, 15) is 4.79 Å². The third-order valence-corrected chi connectivity index (χ3v) is 2.03. The molecule has 0 spiro atoms. The zero-order valence-electron chi connectivity index (χ0n) is 7.64. The van der Waals surface area contributed by atoms with Crippen molar-refractivity contribution in [2.45, 2.75) is 5.88 Å². The molecule has 6 heteroatoms. The molecule has 0 amide bonds. The van der Waals surface area contributed by atoms with Gasteiger partial charge in [-0.1, -0.05) is 0 Å². The molecule has 1 N–H and O–H groups in total. The van der Waals surface area contributed by atoms with Crippen molar-refractivity contribution < 1.29 is 0 Å². The van der Waals surface area contributed by atoms with Gasteiger partial charge in [0.15, 0.2) is 5.82 Å². The van der Waals surface area contributed by atoms with Crippen LogP contribution in [0.4, 0.5) is 0 Å². The third kappa shape index (κ3) is 2.19. The highest BCUT2D eigenvalue weighted by Crippen LogP contribution is 2.08. The SMILES string of the molecule is O=c1cc(CCl)nc(-c2ccncn2)[nH]1. The van der Waals surface area contributed by atoms with Crippen LogP contribution in [0.3, 0.4) is 0 Å². The fourth-order valence-corrected chi connectivity index (χ4v) is 1.27. The average molecular weight is 223 g/mol. The molecule has 76 valence electrons. The van der Waals surface area contributed by atoms with Gasteiger partial charge in [0.05, 0.1) is 11.6 Å². The number of alkyl halides is 1. The van der Waals surface area contributed by atoms with E-state index in [0.717, 1.165) is 0 Å². The first kappa shape index (κ1) is 9.79. The van der Waals surface area contributed by atoms with E-state index in [1.54, 1.807) is 12.3 Å². The molecule has 2 heterocycles. The van der Waals surface area contributed by atoms with Crippen molar-refractivity contribution in [2.24, 2.45) is 0 Å². The largest absolute Gasteiger partial charge is 0.305 e. The second-order valence-corrected chi connectivity index (χ2v) is 3.08. The van der Waals surface area contributed by atoms with Crippen LogP contribution in [0.1, 0.15) is 5.69 Å². The van der Waals surface area contributed by atoms with Crippen LogP contribution in [0.15, 0.2) is 29.5 Å². The van der Waals surface area contributed by atoms with Gasteiger partial charge in [-0.25, -0.2) is 15.0 Å². The summed E-state index contributed by atoms with van der Waals surface area (Å²) in [5, 5.41) is 0. The molecule has 0 unspecified atom stereocenters. The lowest BCUT2D eigenvalue weighted by Gasteiger charge is -2.00. The standard InChI is InChI=1S/C9H7ClN4O/c10-4-6-3-8(15)14-9(13-6)7-1-2-11-5-12-7/h1-3,5H,4H2,(H,13,14,15). The van der Waals surface area contributed by atoms with Gasteiger partial charge >= 0.3 is 0 Å². The van der Waals surface area contributed by atoms with Gasteiger partial charge in [0.1, 0.15) is 12.0 Å². The monoisotopic (exact) mass is 222 g/mol. The maximum atomic E-state index is 11.2. The van der Waals surface area contributed by atoms with Crippen LogP contribution in [0.25, 0.3) is 11.5 Å². The summed E-state index contributed by atoms with van der Waals surface area (Å²) in [6.07, 6.45) is 2.97. The Morgan fingerprint density at radius 2 is 2.33 bits per heavy atom. The summed E-state index contributed by atoms with van der Waals surface area (Å²) in [6.45, 7) is 0. The lowest BCUT2D eigenvalue weighted by atomic mass is 10.3. The second-order valence-electron chi connectivity index (χ2n) is 2.81. The molecule has 2 aromatic heterocycles. The van der Waals surface area contributed by atoms with Crippen molar-refractivity contribution in [3.05, 3.63) is 40.7 Å². The van der Waals surface area contributed by atoms with Gasteiger partial charge in [-0.05, 0) is 6.07 Å². The fraction of sp³-hybridized carbons (Fsp3) is 0.111. The molecule has 0 fully saturated rings. The maximum absolute atomic E-state index is 11.2. The van der Waals surface area contributed by atoms with E-state index in [0.29, 0.717) is 17.2 Å². The first-order chi connectivity index (χ1) is 7.29. The lowest BCUT2D eigenvalue weighted by Crippen LogP contribution is -2.10. The summed E-state index contributed by atoms with van der Waals surface area (Å²) in [5.41, 5.74) is 0.845. The summed E-state index contributed by atoms with van der Waals surface area (Å²) in [7, 11) is 0. The third-order valence-electron chi connectivity index (χ3n) is 1.76. The highest BCUT2D eigenvalue weighted by atomic mass is 35.5. The highest BCUT2D eigenvalue weighted by molar-refractivity contribution is 6.16. The van der Waals surface area contributed by atoms with Gasteiger partial charge in [-0.2, -0.15) is 0 Å². The number of nitrogens with one attached hydrogen (secondary N) is 1. The Bertz CT molecular complexity index is 511. The predicted molar refractivity (Wildman–Crippen MR) is 55.4 cm³/mol. The Morgan fingerprint density at radius 1 is 1.47 bits per heavy atom. The molecule has 0 saturated carbocycles. The summed E-state index contributed by atoms with van der Waals surface area (Å²) in [6, 6.07) is 3.02. The number of H-pyrrole nitrogens is 1. The summed E-state index contributed by atoms with van der Waals surface area (Å²) < 4.78 is 0. The van der Waals surface area contributed by atoms with Crippen molar-refractivity contribution >= 4 is 11.6 Å². The molecule has 0 radical (unpaired) electrons. The molecule has 0 aromatic carbocycles. The van der Waals surface area contributed by atoms with Gasteiger partial charge in [0.2, 0.25) is 0 Å². The first-order valence-corrected chi connectivity index (χ1v) is 4.75. The number of hydrogen-bond acceptors (Lipinski definition) is 4. The lowest BCUT2D eigenvalue weighted by molar-refractivity contribution is 1.03. The Hall–Kier alpha value is -1.75. The molecule has 0 aliphatic rings. The Balaban J connectivity index is 2.54. The van der Waals surface area contributed by atoms with E-state index < -0.39 is 0 Å². The predicted octanol–water partition coefficient (Wildman–Crippen LogP) is 0.966. The molecule has 2 rings (SSSR count). The van der Waals surface area contributed by atoms with Crippen LogP contribution in [-0.2, 0) is 5.88 Å². The molecular weight excluding hydrogens is 216 g/mol. The van der Waals surface area contributed by atoms with E-state index in [1.807, 2.05) is 0 Å². The molecule has 0 bridgehead atoms. The Labute approximate surface area is 90.2 Å². The van der Waals surface area contributed by atoms with E-state index in [1.165, 1.54) is 12.4 Å². The summed E-state index contributed by atoms with van der Waals surface area (Å²) in [4.78, 5) is 25.7. The van der Waals surface area contributed by atoms with Gasteiger partial charge in [-0.15, -0.1) is 11.6 Å². The van der Waals surface area contributed by atoms with Crippen LogP contribution in [-0.4, -0.2) is 19.9 Å². The second kappa shape index (κ2) is 4.18. The number of nitrogens with zero attached hydrogens (tertiary/aromatic N) is 3. The molecule has 0 aliphatic carbocycles. The van der Waals surface area contributed by atoms with Crippen LogP contribution in [0.5, 0.6) is 0 Å². The quantitative estimate of drug-likeness (QED) is 0.769. The Kier molecular flexibility index (Phi) is 2.73. The van der Waals surface area contributed by atoms with Gasteiger partial charge < -0.3 is 4.98 Å². The zero-order chi connectivity index (χ0) is 10.7. The van der Waals surface area contributed by atoms with Crippen molar-refractivity contribution in [3.63, 3.8) is 0 Å². The fourth-order valence-electron chi connectivity index (χ4n) is 1.13. The average Bonchev–Trinajstić information content (AvgIpc) is 2.29. The summed E-state index contributed by atoms with van der Waals surface area (Å²) >= 11 is 5.61. The Morgan fingerprint density at radius 3 is 3.00 bits per heavy atom. The number of hydrogen-bond donors (Lipinski definition) is 1. The van der Waals surface area contributed by atoms with Crippen molar-refractivity contribution in [2.75, 3.05) is 0 Å². The van der Waals surface area contributed by atoms with Gasteiger partial charge in [-0.3, -0.25) is 4.79 Å². The van der Waals surface area contributed by atoms with E-state index >= 15 is 0 Å². The van der Waals surface area contributed by atoms with Crippen LogP contribution in [0.2, 0.25) is 0 Å². The minimum absolute atomic E-state index is 0.196. The van der Waals surface area contributed by atoms with Crippen LogP contribution in [0, 0.1) is 0 Å². The minimum Gasteiger partial charge on any atom is -0.305 e. The molecule has 0 aliphatic heterocycles. The van der Waals surface area contributed by atoms with Gasteiger partial charge in [0, 0.05) is 12.3 Å². The summed E-state index contributed by atoms with van der Waals surface area (Å²) in [5.74, 6) is 0.600. The van der Waals surface area contributed by atoms with Crippen LogP contribution < -0.4 is 5.56 Å². The number of aromatic nitrogens is 4. The van der Waals surface area contributed by atoms with Crippen molar-refractivity contribution in [1.29, 1.82) is 0 Å². The van der Waals surface area contributed by atoms with Gasteiger partial charge in [0.25, 0.3) is 5.56 Å². The molecular formula is C9H7ClN4O. The number of aromatic amines is 1. The topological polar surface area (TPSA) is 71.5 Å². The van der Waals surface area contributed by atoms with Crippen molar-refractivity contribution in [1.82, 2.24) is 19.9 Å². The molecule has 15 heavy (non-hydrogen) atoms. The van der Waals surface area contributed by atoms with Crippen LogP contribution >= 0.6 is 11.6 Å². The molecule has 0 saturated heterocycles. The maximum Gasteiger partial charge on any atom is 0.251 e.